The molecule has 1 rings (SSSR count). The molecule has 0 aliphatic heterocycles. The minimum absolute atomic E-state index is 0.0418. The highest BCUT2D eigenvalue weighted by Gasteiger charge is 2.07. The van der Waals surface area contributed by atoms with Crippen LogP contribution in [-0.4, -0.2) is 15.6 Å². The summed E-state index contributed by atoms with van der Waals surface area (Å²) < 4.78 is 2.11. The van der Waals surface area contributed by atoms with Gasteiger partial charge in [0.1, 0.15) is 0 Å². The van der Waals surface area contributed by atoms with E-state index in [1.54, 1.807) is 12.1 Å². The minimum atomic E-state index is -0.738. The topological polar surface area (TPSA) is 59.3 Å². The summed E-state index contributed by atoms with van der Waals surface area (Å²) in [7, 11) is 0. The van der Waals surface area contributed by atoms with Crippen LogP contribution in [0.25, 0.3) is 0 Å². The predicted octanol–water partition coefficient (Wildman–Crippen LogP) is 2.36. The number of carboxylic acids is 1. The van der Waals surface area contributed by atoms with Gasteiger partial charge in [0.15, 0.2) is 5.43 Å². The Hall–Kier alpha value is -1.58. The largest absolute Gasteiger partial charge is 0.481 e. The van der Waals surface area contributed by atoms with Crippen LogP contribution in [0.2, 0.25) is 0 Å². The van der Waals surface area contributed by atoms with E-state index in [4.69, 9.17) is 5.11 Å². The van der Waals surface area contributed by atoms with E-state index in [0.29, 0.717) is 12.3 Å². The average Bonchev–Trinajstić information content (AvgIpc) is 2.24. The van der Waals surface area contributed by atoms with Gasteiger partial charge in [-0.25, -0.2) is 0 Å². The van der Waals surface area contributed by atoms with Crippen molar-refractivity contribution in [2.45, 2.75) is 46.6 Å². The standard InChI is InChI=1S/C14H21NO3/c1-10(4-5-14(17)18)6-7-15-11(2)8-13(16)9-12(15)3/h8-10H,4-7H2,1-3H3,(H,17,18). The van der Waals surface area contributed by atoms with Crippen molar-refractivity contribution in [2.24, 2.45) is 5.92 Å². The Morgan fingerprint density at radius 1 is 1.28 bits per heavy atom. The van der Waals surface area contributed by atoms with Crippen LogP contribution in [0.1, 0.15) is 37.6 Å². The molecule has 18 heavy (non-hydrogen) atoms. The maximum atomic E-state index is 11.3. The van der Waals surface area contributed by atoms with Gasteiger partial charge in [-0.2, -0.15) is 0 Å². The summed E-state index contributed by atoms with van der Waals surface area (Å²) in [5.41, 5.74) is 1.97. The fraction of sp³-hybridized carbons (Fsp3) is 0.571. The highest BCUT2D eigenvalue weighted by molar-refractivity contribution is 5.66. The lowest BCUT2D eigenvalue weighted by Gasteiger charge is -2.16. The molecule has 100 valence electrons. The molecule has 0 aromatic carbocycles. The molecule has 0 spiro atoms. The molecule has 1 heterocycles. The fourth-order valence-corrected chi connectivity index (χ4v) is 2.10. The number of carboxylic acid groups (broad SMARTS) is 1. The van der Waals surface area contributed by atoms with Gasteiger partial charge in [-0.1, -0.05) is 6.92 Å². The SMILES string of the molecule is Cc1cc(=O)cc(C)n1CCC(C)CCC(=O)O. The zero-order chi connectivity index (χ0) is 13.7. The first-order chi connectivity index (χ1) is 8.40. The third-order valence-electron chi connectivity index (χ3n) is 3.25. The number of aliphatic carboxylic acids is 1. The molecule has 4 heteroatoms. The first-order valence-electron chi connectivity index (χ1n) is 6.30. The number of hydrogen-bond acceptors (Lipinski definition) is 2. The third-order valence-corrected chi connectivity index (χ3v) is 3.25. The van der Waals surface area contributed by atoms with E-state index in [0.717, 1.165) is 24.4 Å². The van der Waals surface area contributed by atoms with Crippen molar-refractivity contribution in [1.82, 2.24) is 4.57 Å². The van der Waals surface area contributed by atoms with E-state index in [9.17, 15) is 9.59 Å². The summed E-state index contributed by atoms with van der Waals surface area (Å²) in [4.78, 5) is 21.8. The number of hydrogen-bond donors (Lipinski definition) is 1. The van der Waals surface area contributed by atoms with Gasteiger partial charge in [-0.05, 0) is 32.6 Å². The molecular weight excluding hydrogens is 230 g/mol. The second kappa shape index (κ2) is 6.38. The van der Waals surface area contributed by atoms with Crippen molar-refractivity contribution in [3.63, 3.8) is 0 Å². The molecule has 1 N–H and O–H groups in total. The molecule has 0 aliphatic rings. The van der Waals surface area contributed by atoms with Crippen LogP contribution in [0, 0.1) is 19.8 Å². The molecule has 0 fully saturated rings. The lowest BCUT2D eigenvalue weighted by Crippen LogP contribution is -2.14. The zero-order valence-corrected chi connectivity index (χ0v) is 11.3. The molecule has 0 amide bonds. The normalized spacial score (nSPS) is 12.4. The number of carbonyl (C=O) groups is 1. The van der Waals surface area contributed by atoms with Gasteiger partial charge >= 0.3 is 5.97 Å². The summed E-state index contributed by atoms with van der Waals surface area (Å²) in [5.74, 6) is -0.364. The van der Waals surface area contributed by atoms with E-state index < -0.39 is 5.97 Å². The summed E-state index contributed by atoms with van der Waals surface area (Å²) >= 11 is 0. The molecule has 4 nitrogen and oxygen atoms in total. The summed E-state index contributed by atoms with van der Waals surface area (Å²) in [6, 6.07) is 3.27. The molecule has 0 aliphatic carbocycles. The summed E-state index contributed by atoms with van der Waals surface area (Å²) in [6.07, 6.45) is 1.86. The fourth-order valence-electron chi connectivity index (χ4n) is 2.10. The summed E-state index contributed by atoms with van der Waals surface area (Å²) in [6.45, 7) is 6.75. The molecular formula is C14H21NO3. The lowest BCUT2D eigenvalue weighted by molar-refractivity contribution is -0.137. The van der Waals surface area contributed by atoms with Gasteiger partial charge in [0.05, 0.1) is 0 Å². The maximum absolute atomic E-state index is 11.3. The van der Waals surface area contributed by atoms with Crippen LogP contribution >= 0.6 is 0 Å². The first-order valence-corrected chi connectivity index (χ1v) is 6.30. The molecule has 0 saturated heterocycles. The van der Waals surface area contributed by atoms with Crippen LogP contribution < -0.4 is 5.43 Å². The summed E-state index contributed by atoms with van der Waals surface area (Å²) in [5, 5.41) is 8.63. The van der Waals surface area contributed by atoms with Gasteiger partial charge in [0.25, 0.3) is 0 Å². The number of aromatic nitrogens is 1. The Bertz CT molecular complexity index is 450. The van der Waals surface area contributed by atoms with Gasteiger partial charge < -0.3 is 9.67 Å². The number of pyridine rings is 1. The van der Waals surface area contributed by atoms with Gasteiger partial charge in [-0.15, -0.1) is 0 Å². The molecule has 1 aromatic heterocycles. The molecule has 1 unspecified atom stereocenters. The van der Waals surface area contributed by atoms with E-state index in [2.05, 4.69) is 11.5 Å². The number of nitrogens with zero attached hydrogens (tertiary/aromatic N) is 1. The third kappa shape index (κ3) is 4.35. The Kier molecular flexibility index (Phi) is 5.13. The maximum Gasteiger partial charge on any atom is 0.303 e. The van der Waals surface area contributed by atoms with Crippen molar-refractivity contribution in [3.05, 3.63) is 33.7 Å². The highest BCUT2D eigenvalue weighted by atomic mass is 16.4. The first kappa shape index (κ1) is 14.5. The van der Waals surface area contributed by atoms with Crippen molar-refractivity contribution in [2.75, 3.05) is 0 Å². The van der Waals surface area contributed by atoms with Gasteiger partial charge in [-0.3, -0.25) is 9.59 Å². The van der Waals surface area contributed by atoms with Gasteiger partial charge in [0.2, 0.25) is 0 Å². The van der Waals surface area contributed by atoms with Crippen LogP contribution in [0.5, 0.6) is 0 Å². The van der Waals surface area contributed by atoms with E-state index in [-0.39, 0.29) is 11.8 Å². The molecule has 0 bridgehead atoms. The number of rotatable bonds is 6. The highest BCUT2D eigenvalue weighted by Crippen LogP contribution is 2.13. The quantitative estimate of drug-likeness (QED) is 0.844. The molecule has 0 saturated carbocycles. The Balaban J connectivity index is 2.58. The smallest absolute Gasteiger partial charge is 0.303 e. The molecule has 0 radical (unpaired) electrons. The number of aryl methyl sites for hydroxylation is 2. The molecule has 1 atom stereocenters. The minimum Gasteiger partial charge on any atom is -0.481 e. The van der Waals surface area contributed by atoms with Crippen molar-refractivity contribution in [3.8, 4) is 0 Å². The molecule has 1 aromatic rings. The zero-order valence-electron chi connectivity index (χ0n) is 11.3. The predicted molar refractivity (Wildman–Crippen MR) is 70.8 cm³/mol. The second-order valence-electron chi connectivity index (χ2n) is 4.95. The van der Waals surface area contributed by atoms with Crippen LogP contribution in [0.4, 0.5) is 0 Å². The van der Waals surface area contributed by atoms with Gasteiger partial charge in [0, 0.05) is 36.5 Å². The van der Waals surface area contributed by atoms with Crippen molar-refractivity contribution in [1.29, 1.82) is 0 Å². The average molecular weight is 251 g/mol. The van der Waals surface area contributed by atoms with E-state index in [1.165, 1.54) is 0 Å². The second-order valence-corrected chi connectivity index (χ2v) is 4.95. The Labute approximate surface area is 107 Å². The van der Waals surface area contributed by atoms with E-state index >= 15 is 0 Å². The van der Waals surface area contributed by atoms with Crippen LogP contribution in [0.3, 0.4) is 0 Å². The van der Waals surface area contributed by atoms with Crippen molar-refractivity contribution >= 4 is 5.97 Å². The Morgan fingerprint density at radius 2 is 1.83 bits per heavy atom. The van der Waals surface area contributed by atoms with E-state index in [1.807, 2.05) is 13.8 Å². The lowest BCUT2D eigenvalue weighted by atomic mass is 10.0. The van der Waals surface area contributed by atoms with Crippen LogP contribution in [0.15, 0.2) is 16.9 Å². The Morgan fingerprint density at radius 3 is 2.33 bits per heavy atom. The van der Waals surface area contributed by atoms with Crippen LogP contribution in [-0.2, 0) is 11.3 Å². The monoisotopic (exact) mass is 251 g/mol. The van der Waals surface area contributed by atoms with Crippen molar-refractivity contribution < 1.29 is 9.90 Å².